The van der Waals surface area contributed by atoms with Gasteiger partial charge < -0.3 is 14.8 Å². The first kappa shape index (κ1) is 15.6. The Morgan fingerprint density at radius 3 is 2.83 bits per heavy atom. The number of fused-ring (bicyclic) bond motifs is 1. The van der Waals surface area contributed by atoms with Crippen LogP contribution in [-0.2, 0) is 10.5 Å². The molecule has 1 N–H and O–H groups in total. The monoisotopic (exact) mass is 337 g/mol. The first-order valence-corrected chi connectivity index (χ1v) is 7.98. The number of nitrogens with one attached hydrogen (secondary N) is 1. The predicted molar refractivity (Wildman–Crippen MR) is 83.7 cm³/mol. The summed E-state index contributed by atoms with van der Waals surface area (Å²) in [7, 11) is 0. The van der Waals surface area contributed by atoms with E-state index in [1.165, 1.54) is 11.8 Å². The number of carbonyl (C=O) groups excluding carboxylic acids is 1. The van der Waals surface area contributed by atoms with E-state index in [1.807, 2.05) is 18.2 Å². The molecule has 2 aromatic carbocycles. The van der Waals surface area contributed by atoms with E-state index in [0.717, 1.165) is 23.8 Å². The topological polar surface area (TPSA) is 47.6 Å². The van der Waals surface area contributed by atoms with Crippen molar-refractivity contribution in [1.29, 1.82) is 0 Å². The Bertz CT molecular complexity index is 739. The molecule has 0 saturated carbocycles. The summed E-state index contributed by atoms with van der Waals surface area (Å²) in [4.78, 5) is 11.8. The number of amides is 1. The van der Waals surface area contributed by atoms with E-state index in [9.17, 15) is 13.6 Å². The Morgan fingerprint density at radius 2 is 1.96 bits per heavy atom. The van der Waals surface area contributed by atoms with E-state index in [2.05, 4.69) is 5.32 Å². The van der Waals surface area contributed by atoms with E-state index in [4.69, 9.17) is 9.47 Å². The second-order valence-corrected chi connectivity index (χ2v) is 5.84. The van der Waals surface area contributed by atoms with Crippen LogP contribution in [0.25, 0.3) is 0 Å². The normalized spacial score (nSPS) is 12.3. The Kier molecular flexibility index (Phi) is 4.66. The predicted octanol–water partition coefficient (Wildman–Crippen LogP) is 3.57. The molecule has 1 aliphatic heterocycles. The summed E-state index contributed by atoms with van der Waals surface area (Å²) in [5, 5.41) is 2.36. The molecule has 0 fully saturated rings. The smallest absolute Gasteiger partial charge is 0.234 e. The lowest BCUT2D eigenvalue weighted by atomic mass is 10.2. The van der Waals surface area contributed by atoms with Crippen LogP contribution >= 0.6 is 11.8 Å². The second kappa shape index (κ2) is 6.87. The van der Waals surface area contributed by atoms with Gasteiger partial charge in [-0.3, -0.25) is 4.79 Å². The van der Waals surface area contributed by atoms with Crippen LogP contribution in [0.5, 0.6) is 11.5 Å². The number of rotatable bonds is 5. The van der Waals surface area contributed by atoms with Crippen molar-refractivity contribution in [3.8, 4) is 11.5 Å². The quantitative estimate of drug-likeness (QED) is 0.906. The molecule has 2 aromatic rings. The molecule has 1 aliphatic rings. The molecule has 0 unspecified atom stereocenters. The van der Waals surface area contributed by atoms with Crippen LogP contribution in [0.15, 0.2) is 36.4 Å². The largest absolute Gasteiger partial charge is 0.454 e. The van der Waals surface area contributed by atoms with Gasteiger partial charge in [-0.2, -0.15) is 0 Å². The molecule has 0 saturated heterocycles. The standard InChI is InChI=1S/C16H13F2NO3S/c17-11-2-3-12(18)13(6-11)19-16(20)8-23-7-10-1-4-14-15(5-10)22-9-21-14/h1-6H,7-9H2,(H,19,20). The number of carbonyl (C=O) groups is 1. The lowest BCUT2D eigenvalue weighted by Crippen LogP contribution is -2.15. The number of hydrogen-bond acceptors (Lipinski definition) is 4. The highest BCUT2D eigenvalue weighted by Gasteiger charge is 2.13. The zero-order valence-electron chi connectivity index (χ0n) is 12.0. The highest BCUT2D eigenvalue weighted by molar-refractivity contribution is 7.99. The van der Waals surface area contributed by atoms with Gasteiger partial charge in [0.25, 0.3) is 0 Å². The average molecular weight is 337 g/mol. The molecule has 0 aliphatic carbocycles. The van der Waals surface area contributed by atoms with Crippen LogP contribution in [0.3, 0.4) is 0 Å². The van der Waals surface area contributed by atoms with Crippen molar-refractivity contribution < 1.29 is 23.0 Å². The van der Waals surface area contributed by atoms with E-state index in [-0.39, 0.29) is 24.1 Å². The second-order valence-electron chi connectivity index (χ2n) is 4.85. The molecule has 7 heteroatoms. The number of anilines is 1. The van der Waals surface area contributed by atoms with E-state index < -0.39 is 11.6 Å². The van der Waals surface area contributed by atoms with Gasteiger partial charge in [-0.05, 0) is 29.8 Å². The molecule has 0 bridgehead atoms. The Labute approximate surface area is 135 Å². The SMILES string of the molecule is O=C(CSCc1ccc2c(c1)OCO2)Nc1cc(F)ccc1F. The molecule has 0 aromatic heterocycles. The summed E-state index contributed by atoms with van der Waals surface area (Å²) < 4.78 is 37.0. The summed E-state index contributed by atoms with van der Waals surface area (Å²) in [6.07, 6.45) is 0. The molecule has 0 spiro atoms. The van der Waals surface area contributed by atoms with Crippen molar-refractivity contribution in [2.24, 2.45) is 0 Å². The summed E-state index contributed by atoms with van der Waals surface area (Å²) in [6, 6.07) is 8.50. The molecule has 120 valence electrons. The van der Waals surface area contributed by atoms with Gasteiger partial charge in [-0.15, -0.1) is 11.8 Å². The molecular weight excluding hydrogens is 324 g/mol. The fraction of sp³-hybridized carbons (Fsp3) is 0.188. The number of hydrogen-bond donors (Lipinski definition) is 1. The third-order valence-electron chi connectivity index (χ3n) is 3.14. The van der Waals surface area contributed by atoms with Crippen LogP contribution in [0, 0.1) is 11.6 Å². The summed E-state index contributed by atoms with van der Waals surface area (Å²) in [6.45, 7) is 0.216. The van der Waals surface area contributed by atoms with Gasteiger partial charge in [-0.25, -0.2) is 8.78 Å². The maximum Gasteiger partial charge on any atom is 0.234 e. The van der Waals surface area contributed by atoms with Crippen molar-refractivity contribution >= 4 is 23.4 Å². The van der Waals surface area contributed by atoms with Crippen LogP contribution in [-0.4, -0.2) is 18.5 Å². The minimum absolute atomic E-state index is 0.129. The lowest BCUT2D eigenvalue weighted by molar-refractivity contribution is -0.113. The zero-order valence-corrected chi connectivity index (χ0v) is 12.8. The molecule has 0 radical (unpaired) electrons. The van der Waals surface area contributed by atoms with E-state index in [1.54, 1.807) is 0 Å². The Hall–Kier alpha value is -2.28. The van der Waals surface area contributed by atoms with Crippen LogP contribution < -0.4 is 14.8 Å². The fourth-order valence-corrected chi connectivity index (χ4v) is 2.85. The molecule has 1 heterocycles. The minimum atomic E-state index is -0.666. The molecule has 23 heavy (non-hydrogen) atoms. The van der Waals surface area contributed by atoms with Crippen LogP contribution in [0.4, 0.5) is 14.5 Å². The van der Waals surface area contributed by atoms with E-state index in [0.29, 0.717) is 17.3 Å². The maximum atomic E-state index is 13.4. The van der Waals surface area contributed by atoms with Crippen molar-refractivity contribution in [3.63, 3.8) is 0 Å². The summed E-state index contributed by atoms with van der Waals surface area (Å²) in [5.41, 5.74) is 0.836. The Balaban J connectivity index is 1.50. The van der Waals surface area contributed by atoms with E-state index >= 15 is 0 Å². The molecule has 0 atom stereocenters. The highest BCUT2D eigenvalue weighted by atomic mass is 32.2. The minimum Gasteiger partial charge on any atom is -0.454 e. The average Bonchev–Trinajstić information content (AvgIpc) is 2.98. The summed E-state index contributed by atoms with van der Waals surface area (Å²) >= 11 is 1.36. The van der Waals surface area contributed by atoms with Crippen molar-refractivity contribution in [1.82, 2.24) is 0 Å². The molecular formula is C16H13F2NO3S. The van der Waals surface area contributed by atoms with Crippen molar-refractivity contribution in [2.45, 2.75) is 5.75 Å². The van der Waals surface area contributed by atoms with Gasteiger partial charge in [0.2, 0.25) is 12.7 Å². The summed E-state index contributed by atoms with van der Waals surface area (Å²) in [5.74, 6) is 0.461. The van der Waals surface area contributed by atoms with Gasteiger partial charge >= 0.3 is 0 Å². The highest BCUT2D eigenvalue weighted by Crippen LogP contribution is 2.33. The van der Waals surface area contributed by atoms with Gasteiger partial charge in [0, 0.05) is 11.8 Å². The first-order chi connectivity index (χ1) is 11.1. The van der Waals surface area contributed by atoms with Gasteiger partial charge in [0.05, 0.1) is 11.4 Å². The van der Waals surface area contributed by atoms with Crippen LogP contribution in [0.1, 0.15) is 5.56 Å². The van der Waals surface area contributed by atoms with Gasteiger partial charge in [0.15, 0.2) is 11.5 Å². The third-order valence-corrected chi connectivity index (χ3v) is 4.15. The van der Waals surface area contributed by atoms with Gasteiger partial charge in [-0.1, -0.05) is 6.07 Å². The zero-order chi connectivity index (χ0) is 16.2. The number of benzene rings is 2. The number of halogens is 2. The molecule has 3 rings (SSSR count). The van der Waals surface area contributed by atoms with Crippen LogP contribution in [0.2, 0.25) is 0 Å². The number of thioether (sulfide) groups is 1. The first-order valence-electron chi connectivity index (χ1n) is 6.83. The maximum absolute atomic E-state index is 13.4. The van der Waals surface area contributed by atoms with Crippen molar-refractivity contribution in [2.75, 3.05) is 17.9 Å². The lowest BCUT2D eigenvalue weighted by Gasteiger charge is -2.07. The third kappa shape index (κ3) is 3.92. The Morgan fingerprint density at radius 1 is 1.13 bits per heavy atom. The molecule has 1 amide bonds. The molecule has 4 nitrogen and oxygen atoms in total. The number of ether oxygens (including phenoxy) is 2. The fourth-order valence-electron chi connectivity index (χ4n) is 2.07. The van der Waals surface area contributed by atoms with Gasteiger partial charge in [0.1, 0.15) is 11.6 Å². The van der Waals surface area contributed by atoms with Crippen molar-refractivity contribution in [3.05, 3.63) is 53.6 Å².